The van der Waals surface area contributed by atoms with Crippen molar-refractivity contribution in [3.8, 4) is 0 Å². The summed E-state index contributed by atoms with van der Waals surface area (Å²) >= 11 is 0. The quantitative estimate of drug-likeness (QED) is 0.635. The van der Waals surface area contributed by atoms with Gasteiger partial charge in [0.15, 0.2) is 0 Å². The molecule has 2 amide bonds. The summed E-state index contributed by atoms with van der Waals surface area (Å²) in [6.07, 6.45) is -10.1. The van der Waals surface area contributed by atoms with E-state index in [1.807, 2.05) is 0 Å². The lowest BCUT2D eigenvalue weighted by atomic mass is 10.0. The standard InChI is InChI=1S/C20H18F6N2O2/c1-11(2)17(29)28-16-5-3-4-12(6-16)10-27-18(30)13-7-14(19(21,22)23)9-15(8-13)20(24,25)26/h3-9,11H,10H2,1-2H3,(H,27,30)(H,28,29). The van der Waals surface area contributed by atoms with Gasteiger partial charge in [-0.25, -0.2) is 0 Å². The van der Waals surface area contributed by atoms with Crippen LogP contribution in [0.3, 0.4) is 0 Å². The molecule has 30 heavy (non-hydrogen) atoms. The van der Waals surface area contributed by atoms with E-state index in [4.69, 9.17) is 0 Å². The number of hydrogen-bond acceptors (Lipinski definition) is 2. The fourth-order valence-electron chi connectivity index (χ4n) is 2.42. The van der Waals surface area contributed by atoms with Crippen molar-refractivity contribution in [2.45, 2.75) is 32.7 Å². The number of halogens is 6. The zero-order valence-electron chi connectivity index (χ0n) is 15.9. The molecule has 2 N–H and O–H groups in total. The molecule has 2 aromatic rings. The summed E-state index contributed by atoms with van der Waals surface area (Å²) in [4.78, 5) is 23.9. The Hall–Kier alpha value is -3.04. The van der Waals surface area contributed by atoms with Crippen molar-refractivity contribution in [1.82, 2.24) is 5.32 Å². The predicted octanol–water partition coefficient (Wildman–Crippen LogP) is 5.25. The maximum absolute atomic E-state index is 12.9. The smallest absolute Gasteiger partial charge is 0.348 e. The van der Waals surface area contributed by atoms with Gasteiger partial charge in [-0.05, 0) is 35.9 Å². The van der Waals surface area contributed by atoms with E-state index in [2.05, 4.69) is 10.6 Å². The van der Waals surface area contributed by atoms with Crippen molar-refractivity contribution in [2.75, 3.05) is 5.32 Å². The minimum Gasteiger partial charge on any atom is -0.348 e. The maximum atomic E-state index is 12.9. The summed E-state index contributed by atoms with van der Waals surface area (Å²) in [6.45, 7) is 3.23. The Kier molecular flexibility index (Phi) is 6.79. The van der Waals surface area contributed by atoms with Gasteiger partial charge in [0.05, 0.1) is 11.1 Å². The van der Waals surface area contributed by atoms with Crippen LogP contribution in [-0.2, 0) is 23.7 Å². The lowest BCUT2D eigenvalue weighted by molar-refractivity contribution is -0.143. The average Bonchev–Trinajstić information content (AvgIpc) is 2.64. The third-order valence-corrected chi connectivity index (χ3v) is 4.02. The van der Waals surface area contributed by atoms with E-state index in [-0.39, 0.29) is 24.4 Å². The zero-order valence-corrected chi connectivity index (χ0v) is 15.9. The molecule has 0 fully saturated rings. The SMILES string of the molecule is CC(C)C(=O)Nc1cccc(CNC(=O)c2cc(C(F)(F)F)cc(C(F)(F)F)c2)c1. The largest absolute Gasteiger partial charge is 0.416 e. The number of nitrogens with one attached hydrogen (secondary N) is 2. The Morgan fingerprint density at radius 2 is 1.47 bits per heavy atom. The molecule has 0 saturated carbocycles. The van der Waals surface area contributed by atoms with Crippen molar-refractivity contribution < 1.29 is 35.9 Å². The Labute approximate surface area is 168 Å². The minimum atomic E-state index is -5.04. The molecule has 0 atom stereocenters. The highest BCUT2D eigenvalue weighted by molar-refractivity contribution is 5.95. The second-order valence-electron chi connectivity index (χ2n) is 6.82. The fourth-order valence-corrected chi connectivity index (χ4v) is 2.42. The van der Waals surface area contributed by atoms with Gasteiger partial charge in [0.25, 0.3) is 5.91 Å². The van der Waals surface area contributed by atoms with Crippen LogP contribution in [0.25, 0.3) is 0 Å². The molecule has 0 aliphatic carbocycles. The van der Waals surface area contributed by atoms with E-state index in [1.54, 1.807) is 32.0 Å². The first-order chi connectivity index (χ1) is 13.8. The van der Waals surface area contributed by atoms with Gasteiger partial charge in [-0.1, -0.05) is 26.0 Å². The third kappa shape index (κ3) is 6.23. The highest BCUT2D eigenvalue weighted by Gasteiger charge is 2.37. The van der Waals surface area contributed by atoms with Crippen molar-refractivity contribution in [3.63, 3.8) is 0 Å². The maximum Gasteiger partial charge on any atom is 0.416 e. The molecule has 2 rings (SSSR count). The van der Waals surface area contributed by atoms with E-state index in [0.29, 0.717) is 23.4 Å². The van der Waals surface area contributed by atoms with Gasteiger partial charge in [-0.15, -0.1) is 0 Å². The Bertz CT molecular complexity index is 903. The summed E-state index contributed by atoms with van der Waals surface area (Å²) in [5, 5.41) is 4.94. The van der Waals surface area contributed by atoms with Crippen molar-refractivity contribution in [2.24, 2.45) is 5.92 Å². The topological polar surface area (TPSA) is 58.2 Å². The van der Waals surface area contributed by atoms with Crippen LogP contribution in [0.4, 0.5) is 32.0 Å². The second-order valence-corrected chi connectivity index (χ2v) is 6.82. The molecule has 10 heteroatoms. The number of alkyl halides is 6. The normalized spacial score (nSPS) is 12.0. The number of carbonyl (C=O) groups is 2. The molecule has 162 valence electrons. The van der Waals surface area contributed by atoms with Crippen LogP contribution in [-0.4, -0.2) is 11.8 Å². The summed E-state index contributed by atoms with van der Waals surface area (Å²) in [6, 6.07) is 7.00. The fraction of sp³-hybridized carbons (Fsp3) is 0.300. The summed E-state index contributed by atoms with van der Waals surface area (Å²) in [5.74, 6) is -1.60. The van der Waals surface area contributed by atoms with Crippen LogP contribution in [0.1, 0.15) is 40.9 Å². The predicted molar refractivity (Wildman–Crippen MR) is 97.5 cm³/mol. The number of amides is 2. The first-order valence-electron chi connectivity index (χ1n) is 8.75. The molecular formula is C20H18F6N2O2. The molecule has 0 bridgehead atoms. The minimum absolute atomic E-state index is 0.0440. The lowest BCUT2D eigenvalue weighted by Crippen LogP contribution is -2.24. The third-order valence-electron chi connectivity index (χ3n) is 4.02. The molecule has 0 saturated heterocycles. The van der Waals surface area contributed by atoms with E-state index >= 15 is 0 Å². The first kappa shape index (κ1) is 23.2. The monoisotopic (exact) mass is 432 g/mol. The van der Waals surface area contributed by atoms with Gasteiger partial charge >= 0.3 is 12.4 Å². The Morgan fingerprint density at radius 1 is 0.900 bits per heavy atom. The number of anilines is 1. The van der Waals surface area contributed by atoms with Gasteiger partial charge in [-0.3, -0.25) is 9.59 Å². The molecule has 0 aromatic heterocycles. The molecule has 0 heterocycles. The number of carbonyl (C=O) groups excluding carboxylic acids is 2. The Balaban J connectivity index is 2.19. The van der Waals surface area contributed by atoms with Crippen LogP contribution in [0, 0.1) is 5.92 Å². The van der Waals surface area contributed by atoms with Crippen molar-refractivity contribution in [1.29, 1.82) is 0 Å². The van der Waals surface area contributed by atoms with E-state index in [1.165, 1.54) is 6.07 Å². The van der Waals surface area contributed by atoms with Gasteiger partial charge in [-0.2, -0.15) is 26.3 Å². The number of hydrogen-bond donors (Lipinski definition) is 2. The van der Waals surface area contributed by atoms with Gasteiger partial charge in [0, 0.05) is 23.7 Å². The van der Waals surface area contributed by atoms with E-state index < -0.39 is 35.0 Å². The summed E-state index contributed by atoms with van der Waals surface area (Å²) in [7, 11) is 0. The molecule has 0 aliphatic heterocycles. The molecular weight excluding hydrogens is 414 g/mol. The second kappa shape index (κ2) is 8.76. The highest BCUT2D eigenvalue weighted by atomic mass is 19.4. The van der Waals surface area contributed by atoms with Crippen molar-refractivity contribution >= 4 is 17.5 Å². The zero-order chi connectivity index (χ0) is 22.7. The number of benzene rings is 2. The molecule has 0 aliphatic rings. The van der Waals surface area contributed by atoms with Crippen LogP contribution in [0.15, 0.2) is 42.5 Å². The van der Waals surface area contributed by atoms with Crippen LogP contribution in [0.2, 0.25) is 0 Å². The molecule has 0 unspecified atom stereocenters. The average molecular weight is 432 g/mol. The van der Waals surface area contributed by atoms with Gasteiger partial charge in [0.2, 0.25) is 5.91 Å². The Morgan fingerprint density at radius 3 is 1.97 bits per heavy atom. The first-order valence-corrected chi connectivity index (χ1v) is 8.75. The summed E-state index contributed by atoms with van der Waals surface area (Å²) < 4.78 is 77.5. The molecule has 2 aromatic carbocycles. The molecule has 4 nitrogen and oxygen atoms in total. The number of rotatable bonds is 5. The highest BCUT2D eigenvalue weighted by Crippen LogP contribution is 2.36. The van der Waals surface area contributed by atoms with Crippen LogP contribution >= 0.6 is 0 Å². The lowest BCUT2D eigenvalue weighted by Gasteiger charge is -2.14. The summed E-state index contributed by atoms with van der Waals surface area (Å²) in [5.41, 5.74) is -2.96. The van der Waals surface area contributed by atoms with E-state index in [9.17, 15) is 35.9 Å². The van der Waals surface area contributed by atoms with E-state index in [0.717, 1.165) is 0 Å². The van der Waals surface area contributed by atoms with Gasteiger partial charge < -0.3 is 10.6 Å². The van der Waals surface area contributed by atoms with Gasteiger partial charge in [0.1, 0.15) is 0 Å². The molecule has 0 spiro atoms. The van der Waals surface area contributed by atoms with Crippen molar-refractivity contribution in [3.05, 3.63) is 64.7 Å². The van der Waals surface area contributed by atoms with Crippen LogP contribution in [0.5, 0.6) is 0 Å². The van der Waals surface area contributed by atoms with Crippen LogP contribution < -0.4 is 10.6 Å². The molecule has 0 radical (unpaired) electrons.